The zero-order valence-electron chi connectivity index (χ0n) is 18.9. The van der Waals surface area contributed by atoms with Gasteiger partial charge in [-0.15, -0.1) is 12.1 Å². The van der Waals surface area contributed by atoms with E-state index in [0.717, 1.165) is 10.8 Å². The van der Waals surface area contributed by atoms with E-state index in [1.54, 1.807) is 6.20 Å². The SMILES string of the molecule is CC(C)(C)C(=O)C=C(O)C(C)(C)C.[Ir].[c-]1ccccc1Oc1nccc2ccccc12. The number of aliphatic hydroxyl groups excluding tert-OH is 1. The fourth-order valence-electron chi connectivity index (χ4n) is 2.27. The number of ketones is 1. The minimum Gasteiger partial charge on any atom is -0.512 e. The number of hydrogen-bond donors (Lipinski definition) is 1. The Morgan fingerprint density at radius 2 is 1.61 bits per heavy atom. The van der Waals surface area contributed by atoms with Crippen LogP contribution in [0.25, 0.3) is 10.8 Å². The molecule has 0 aliphatic carbocycles. The molecule has 1 radical (unpaired) electrons. The quantitative estimate of drug-likeness (QED) is 0.203. The van der Waals surface area contributed by atoms with Crippen LogP contribution in [0.5, 0.6) is 11.6 Å². The van der Waals surface area contributed by atoms with E-state index in [1.807, 2.05) is 96.1 Å². The van der Waals surface area contributed by atoms with Crippen molar-refractivity contribution in [2.24, 2.45) is 10.8 Å². The Morgan fingerprint density at radius 3 is 2.19 bits per heavy atom. The topological polar surface area (TPSA) is 59.4 Å². The summed E-state index contributed by atoms with van der Waals surface area (Å²) in [5, 5.41) is 11.7. The normalized spacial score (nSPS) is 11.7. The Hall–Kier alpha value is -2.49. The Kier molecular flexibility index (Phi) is 9.61. The van der Waals surface area contributed by atoms with Crippen LogP contribution in [-0.2, 0) is 24.9 Å². The second-order valence-electron chi connectivity index (χ2n) is 9.06. The largest absolute Gasteiger partial charge is 0.512 e. The zero-order chi connectivity index (χ0) is 22.4. The average Bonchev–Trinajstić information content (AvgIpc) is 2.68. The van der Waals surface area contributed by atoms with Crippen LogP contribution >= 0.6 is 0 Å². The number of aromatic nitrogens is 1. The molecule has 0 fully saturated rings. The van der Waals surface area contributed by atoms with Gasteiger partial charge in [-0.05, 0) is 17.5 Å². The van der Waals surface area contributed by atoms with Gasteiger partial charge in [0.05, 0.1) is 0 Å². The Morgan fingerprint density at radius 1 is 0.968 bits per heavy atom. The molecule has 0 aliphatic rings. The number of pyridine rings is 1. The number of carbonyl (C=O) groups excluding carboxylic acids is 1. The summed E-state index contributed by atoms with van der Waals surface area (Å²) in [6, 6.07) is 20.5. The van der Waals surface area contributed by atoms with Crippen LogP contribution in [0.3, 0.4) is 0 Å². The second kappa shape index (κ2) is 11.2. The van der Waals surface area contributed by atoms with Gasteiger partial charge >= 0.3 is 0 Å². The summed E-state index contributed by atoms with van der Waals surface area (Å²) in [7, 11) is 0. The molecule has 0 saturated carbocycles. The zero-order valence-corrected chi connectivity index (χ0v) is 21.3. The van der Waals surface area contributed by atoms with E-state index in [2.05, 4.69) is 11.1 Å². The molecule has 4 nitrogen and oxygen atoms in total. The number of fused-ring (bicyclic) bond motifs is 1. The summed E-state index contributed by atoms with van der Waals surface area (Å²) in [6.07, 6.45) is 3.08. The third kappa shape index (κ3) is 8.28. The van der Waals surface area contributed by atoms with Gasteiger partial charge in [0.25, 0.3) is 0 Å². The number of hydrogen-bond acceptors (Lipinski definition) is 4. The Labute approximate surface area is 198 Å². The first-order valence-electron chi connectivity index (χ1n) is 9.92. The summed E-state index contributed by atoms with van der Waals surface area (Å²) in [6.45, 7) is 11.1. The summed E-state index contributed by atoms with van der Waals surface area (Å²) >= 11 is 0. The maximum atomic E-state index is 11.5. The van der Waals surface area contributed by atoms with Crippen molar-refractivity contribution in [2.45, 2.75) is 41.5 Å². The Balaban J connectivity index is 0.000000314. The molecule has 0 spiro atoms. The number of nitrogens with zero attached hydrogens (tertiary/aromatic N) is 1. The van der Waals surface area contributed by atoms with E-state index in [-0.39, 0.29) is 37.1 Å². The van der Waals surface area contributed by atoms with Crippen molar-refractivity contribution in [1.29, 1.82) is 0 Å². The molecule has 0 saturated heterocycles. The molecular formula is C26H30IrNO3-. The predicted molar refractivity (Wildman–Crippen MR) is 122 cm³/mol. The van der Waals surface area contributed by atoms with Crippen molar-refractivity contribution in [3.05, 3.63) is 78.7 Å². The standard InChI is InChI=1S/C15H10NO.C11H20O2.Ir/c1-2-7-13(8-3-1)17-15-14-9-5-4-6-12(14)10-11-16-15;1-10(2,3)8(12)7-9(13)11(4,5)6;/h1-7,9-11H;7,12H,1-6H3;/q-1;;. The van der Waals surface area contributed by atoms with E-state index in [1.165, 1.54) is 6.08 Å². The number of rotatable bonds is 3. The average molecular weight is 597 g/mol. The van der Waals surface area contributed by atoms with Gasteiger partial charge in [-0.3, -0.25) is 4.79 Å². The predicted octanol–water partition coefficient (Wildman–Crippen LogP) is 6.91. The van der Waals surface area contributed by atoms with Crippen molar-refractivity contribution in [3.8, 4) is 11.6 Å². The fraction of sp³-hybridized carbons (Fsp3) is 0.308. The molecule has 2 aromatic carbocycles. The molecule has 0 atom stereocenters. The summed E-state index contributed by atoms with van der Waals surface area (Å²) < 4.78 is 5.72. The monoisotopic (exact) mass is 597 g/mol. The number of ether oxygens (including phenoxy) is 1. The van der Waals surface area contributed by atoms with E-state index < -0.39 is 5.41 Å². The van der Waals surface area contributed by atoms with Crippen LogP contribution in [0.15, 0.2) is 72.6 Å². The molecule has 1 heterocycles. The van der Waals surface area contributed by atoms with Crippen molar-refractivity contribution >= 4 is 16.6 Å². The third-order valence-electron chi connectivity index (χ3n) is 4.30. The van der Waals surface area contributed by atoms with Gasteiger partial charge in [0.2, 0.25) is 5.88 Å². The number of aliphatic hydroxyl groups is 1. The van der Waals surface area contributed by atoms with E-state index >= 15 is 0 Å². The van der Waals surface area contributed by atoms with E-state index in [4.69, 9.17) is 4.74 Å². The second-order valence-corrected chi connectivity index (χ2v) is 9.06. The molecule has 3 rings (SSSR count). The number of para-hydroxylation sites is 1. The third-order valence-corrected chi connectivity index (χ3v) is 4.30. The minimum atomic E-state index is -0.417. The number of carbonyl (C=O) groups is 1. The molecule has 0 amide bonds. The number of allylic oxidation sites excluding steroid dienone is 2. The smallest absolute Gasteiger partial charge is 0.224 e. The molecule has 0 unspecified atom stereocenters. The van der Waals surface area contributed by atoms with Gasteiger partial charge in [0.1, 0.15) is 5.76 Å². The van der Waals surface area contributed by atoms with Crippen LogP contribution in [-0.4, -0.2) is 15.9 Å². The van der Waals surface area contributed by atoms with Crippen molar-refractivity contribution in [3.63, 3.8) is 0 Å². The number of benzene rings is 2. The first-order chi connectivity index (χ1) is 14.0. The molecule has 0 aliphatic heterocycles. The van der Waals surface area contributed by atoms with E-state index in [0.29, 0.717) is 11.6 Å². The van der Waals surface area contributed by atoms with Gasteiger partial charge in [0, 0.05) is 54.3 Å². The van der Waals surface area contributed by atoms with Crippen LogP contribution in [0.1, 0.15) is 41.5 Å². The van der Waals surface area contributed by atoms with Crippen LogP contribution in [0, 0.1) is 16.9 Å². The maximum absolute atomic E-state index is 11.5. The van der Waals surface area contributed by atoms with Crippen molar-refractivity contribution < 1.29 is 34.7 Å². The van der Waals surface area contributed by atoms with Crippen LogP contribution in [0.4, 0.5) is 0 Å². The van der Waals surface area contributed by atoms with Gasteiger partial charge in [-0.1, -0.05) is 59.7 Å². The molecule has 5 heteroatoms. The summed E-state index contributed by atoms with van der Waals surface area (Å²) in [5.74, 6) is 1.40. The molecule has 3 aromatic rings. The van der Waals surface area contributed by atoms with Crippen molar-refractivity contribution in [2.75, 3.05) is 0 Å². The molecule has 31 heavy (non-hydrogen) atoms. The van der Waals surface area contributed by atoms with Crippen LogP contribution < -0.4 is 4.74 Å². The first kappa shape index (κ1) is 26.5. The van der Waals surface area contributed by atoms with Crippen molar-refractivity contribution in [1.82, 2.24) is 4.98 Å². The minimum absolute atomic E-state index is 0. The van der Waals surface area contributed by atoms with Gasteiger partial charge < -0.3 is 9.84 Å². The van der Waals surface area contributed by atoms with Crippen LogP contribution in [0.2, 0.25) is 0 Å². The summed E-state index contributed by atoms with van der Waals surface area (Å²) in [5.41, 5.74) is -0.764. The molecular weight excluding hydrogens is 567 g/mol. The summed E-state index contributed by atoms with van der Waals surface area (Å²) in [4.78, 5) is 15.7. The van der Waals surface area contributed by atoms with Gasteiger partial charge in [0.15, 0.2) is 5.78 Å². The van der Waals surface area contributed by atoms with Gasteiger partial charge in [-0.2, -0.15) is 18.2 Å². The first-order valence-corrected chi connectivity index (χ1v) is 9.92. The van der Waals surface area contributed by atoms with E-state index in [9.17, 15) is 9.90 Å². The molecule has 0 bridgehead atoms. The fourth-order valence-corrected chi connectivity index (χ4v) is 2.27. The molecule has 1 N–H and O–H groups in total. The molecule has 1 aromatic heterocycles. The Bertz CT molecular complexity index is 1010. The molecule has 167 valence electrons. The van der Waals surface area contributed by atoms with Gasteiger partial charge in [-0.25, -0.2) is 4.98 Å². The maximum Gasteiger partial charge on any atom is 0.224 e.